The lowest BCUT2D eigenvalue weighted by atomic mass is 9.99. The lowest BCUT2D eigenvalue weighted by Crippen LogP contribution is -2.45. The molecule has 16 heavy (non-hydrogen) atoms. The summed E-state index contributed by atoms with van der Waals surface area (Å²) in [5.41, 5.74) is 0. The molecule has 0 amide bonds. The van der Waals surface area contributed by atoms with Crippen LogP contribution < -0.4 is 5.32 Å². The third-order valence-corrected chi connectivity index (χ3v) is 3.38. The van der Waals surface area contributed by atoms with E-state index in [-0.39, 0.29) is 0 Å². The van der Waals surface area contributed by atoms with Crippen molar-refractivity contribution >= 4 is 0 Å². The topological polar surface area (TPSA) is 41.1 Å². The van der Waals surface area contributed by atoms with Crippen LogP contribution in [0.4, 0.5) is 0 Å². The van der Waals surface area contributed by atoms with Gasteiger partial charge in [0.15, 0.2) is 0 Å². The average molecular weight is 220 g/mol. The highest BCUT2D eigenvalue weighted by Gasteiger charge is 2.22. The Morgan fingerprint density at radius 2 is 2.19 bits per heavy atom. The maximum atomic E-state index is 4.21. The molecule has 1 fully saturated rings. The maximum absolute atomic E-state index is 4.21. The van der Waals surface area contributed by atoms with Crippen LogP contribution in [-0.4, -0.2) is 40.5 Å². The Hall–Kier alpha value is -1.00. The summed E-state index contributed by atoms with van der Waals surface area (Å²) in [7, 11) is 2.20. The predicted octanol–water partition coefficient (Wildman–Crippen LogP) is 1.05. The second-order valence-electron chi connectivity index (χ2n) is 4.60. The third kappa shape index (κ3) is 3.00. The minimum Gasteiger partial charge on any atom is -0.307 e. The van der Waals surface area contributed by atoms with Crippen LogP contribution in [0.3, 0.4) is 0 Å². The van der Waals surface area contributed by atoms with E-state index in [0.717, 1.165) is 12.4 Å². The molecule has 1 aromatic rings. The van der Waals surface area contributed by atoms with Crippen molar-refractivity contribution in [3.8, 4) is 0 Å². The Balaban J connectivity index is 1.79. The van der Waals surface area contributed by atoms with E-state index in [1.165, 1.54) is 19.4 Å². The molecular formula is C12H20N4. The summed E-state index contributed by atoms with van der Waals surface area (Å²) in [5.74, 6) is 0.883. The van der Waals surface area contributed by atoms with Crippen molar-refractivity contribution in [3.63, 3.8) is 0 Å². The number of rotatable bonds is 3. The van der Waals surface area contributed by atoms with Crippen LogP contribution >= 0.6 is 0 Å². The van der Waals surface area contributed by atoms with Crippen LogP contribution in [0.2, 0.25) is 0 Å². The van der Waals surface area contributed by atoms with E-state index < -0.39 is 0 Å². The highest BCUT2D eigenvalue weighted by atomic mass is 15.1. The molecule has 4 heteroatoms. The maximum Gasteiger partial charge on any atom is 0.141 e. The number of hydrogen-bond donors (Lipinski definition) is 1. The molecule has 0 spiro atoms. The average Bonchev–Trinajstić information content (AvgIpc) is 2.32. The zero-order valence-corrected chi connectivity index (χ0v) is 10.1. The van der Waals surface area contributed by atoms with Crippen molar-refractivity contribution in [1.29, 1.82) is 0 Å². The summed E-state index contributed by atoms with van der Waals surface area (Å²) in [4.78, 5) is 10.8. The molecule has 0 aromatic carbocycles. The van der Waals surface area contributed by atoms with E-state index in [1.807, 2.05) is 6.07 Å². The molecule has 1 aromatic heterocycles. The number of aromatic nitrogens is 2. The molecule has 2 atom stereocenters. The lowest BCUT2D eigenvalue weighted by Gasteiger charge is -2.35. The molecule has 0 radical (unpaired) electrons. The summed E-state index contributed by atoms with van der Waals surface area (Å²) in [5, 5.41) is 3.54. The first-order valence-corrected chi connectivity index (χ1v) is 5.95. The van der Waals surface area contributed by atoms with Crippen molar-refractivity contribution in [3.05, 3.63) is 24.3 Å². The van der Waals surface area contributed by atoms with Crippen LogP contribution in [0, 0.1) is 0 Å². The zero-order valence-electron chi connectivity index (χ0n) is 10.1. The molecule has 0 aliphatic carbocycles. The van der Waals surface area contributed by atoms with E-state index in [1.54, 1.807) is 12.4 Å². The summed E-state index contributed by atoms with van der Waals surface area (Å²) < 4.78 is 0. The van der Waals surface area contributed by atoms with Gasteiger partial charge in [0, 0.05) is 24.5 Å². The first kappa shape index (κ1) is 11.5. The number of hydrogen-bond acceptors (Lipinski definition) is 4. The second-order valence-corrected chi connectivity index (χ2v) is 4.60. The van der Waals surface area contributed by atoms with Gasteiger partial charge in [-0.25, -0.2) is 9.97 Å². The van der Waals surface area contributed by atoms with Crippen LogP contribution in [0.15, 0.2) is 18.5 Å². The van der Waals surface area contributed by atoms with Crippen molar-refractivity contribution in [2.75, 3.05) is 13.6 Å². The monoisotopic (exact) mass is 220 g/mol. The Kier molecular flexibility index (Phi) is 3.85. The fourth-order valence-corrected chi connectivity index (χ4v) is 2.13. The van der Waals surface area contributed by atoms with Gasteiger partial charge in [-0.3, -0.25) is 0 Å². The van der Waals surface area contributed by atoms with Crippen LogP contribution in [0.25, 0.3) is 0 Å². The van der Waals surface area contributed by atoms with Gasteiger partial charge in [-0.15, -0.1) is 0 Å². The third-order valence-electron chi connectivity index (χ3n) is 3.38. The molecule has 4 nitrogen and oxygen atoms in total. The van der Waals surface area contributed by atoms with E-state index in [4.69, 9.17) is 0 Å². The SMILES string of the molecule is CC1CC(NCc2ncccn2)CCN1C. The molecule has 2 unspecified atom stereocenters. The van der Waals surface area contributed by atoms with E-state index in [2.05, 4.69) is 34.2 Å². The predicted molar refractivity (Wildman–Crippen MR) is 64.0 cm³/mol. The Bertz CT molecular complexity index is 314. The number of piperidine rings is 1. The Morgan fingerprint density at radius 3 is 2.88 bits per heavy atom. The van der Waals surface area contributed by atoms with Crippen LogP contribution in [0.1, 0.15) is 25.6 Å². The van der Waals surface area contributed by atoms with Crippen molar-refractivity contribution in [2.45, 2.75) is 38.4 Å². The first-order valence-electron chi connectivity index (χ1n) is 5.95. The highest BCUT2D eigenvalue weighted by Crippen LogP contribution is 2.15. The highest BCUT2D eigenvalue weighted by molar-refractivity contribution is 4.89. The Morgan fingerprint density at radius 1 is 1.44 bits per heavy atom. The summed E-state index contributed by atoms with van der Waals surface area (Å²) in [6, 6.07) is 3.12. The van der Waals surface area contributed by atoms with Crippen molar-refractivity contribution in [1.82, 2.24) is 20.2 Å². The van der Waals surface area contributed by atoms with Gasteiger partial charge in [0.1, 0.15) is 5.82 Å². The van der Waals surface area contributed by atoms with Crippen molar-refractivity contribution < 1.29 is 0 Å². The van der Waals surface area contributed by atoms with Gasteiger partial charge < -0.3 is 10.2 Å². The molecule has 0 bridgehead atoms. The number of nitrogens with one attached hydrogen (secondary N) is 1. The van der Waals surface area contributed by atoms with Crippen molar-refractivity contribution in [2.24, 2.45) is 0 Å². The molecule has 2 rings (SSSR count). The fraction of sp³-hybridized carbons (Fsp3) is 0.667. The summed E-state index contributed by atoms with van der Waals surface area (Å²) in [6.07, 6.45) is 6.01. The fourth-order valence-electron chi connectivity index (χ4n) is 2.13. The summed E-state index contributed by atoms with van der Waals surface area (Å²) >= 11 is 0. The van der Waals surface area contributed by atoms with Gasteiger partial charge in [0.05, 0.1) is 6.54 Å². The molecule has 2 heterocycles. The first-order chi connectivity index (χ1) is 7.75. The quantitative estimate of drug-likeness (QED) is 0.826. The smallest absolute Gasteiger partial charge is 0.141 e. The van der Waals surface area contributed by atoms with E-state index >= 15 is 0 Å². The second kappa shape index (κ2) is 5.37. The zero-order chi connectivity index (χ0) is 11.4. The summed E-state index contributed by atoms with van der Waals surface area (Å²) in [6.45, 7) is 4.24. The van der Waals surface area contributed by atoms with Gasteiger partial charge >= 0.3 is 0 Å². The van der Waals surface area contributed by atoms with E-state index in [0.29, 0.717) is 12.1 Å². The Labute approximate surface area is 97.1 Å². The minimum atomic E-state index is 0.606. The molecule has 1 N–H and O–H groups in total. The largest absolute Gasteiger partial charge is 0.307 e. The standard InChI is InChI=1S/C12H20N4/c1-10-8-11(4-7-16(10)2)15-9-12-13-5-3-6-14-12/h3,5-6,10-11,15H,4,7-9H2,1-2H3. The molecule has 1 saturated heterocycles. The molecule has 88 valence electrons. The van der Waals surface area contributed by atoms with Gasteiger partial charge in [-0.2, -0.15) is 0 Å². The lowest BCUT2D eigenvalue weighted by molar-refractivity contribution is 0.167. The molecular weight excluding hydrogens is 200 g/mol. The normalized spacial score (nSPS) is 26.9. The van der Waals surface area contributed by atoms with Gasteiger partial charge in [0.2, 0.25) is 0 Å². The van der Waals surface area contributed by atoms with Gasteiger partial charge in [-0.05, 0) is 39.4 Å². The molecule has 1 aliphatic heterocycles. The molecule has 0 saturated carbocycles. The van der Waals surface area contributed by atoms with Crippen LogP contribution in [0.5, 0.6) is 0 Å². The number of likely N-dealkylation sites (tertiary alicyclic amines) is 1. The van der Waals surface area contributed by atoms with E-state index in [9.17, 15) is 0 Å². The van der Waals surface area contributed by atoms with Crippen LogP contribution in [-0.2, 0) is 6.54 Å². The van der Waals surface area contributed by atoms with Gasteiger partial charge in [-0.1, -0.05) is 0 Å². The number of nitrogens with zero attached hydrogens (tertiary/aromatic N) is 3. The minimum absolute atomic E-state index is 0.606. The van der Waals surface area contributed by atoms with Gasteiger partial charge in [0.25, 0.3) is 0 Å². The molecule has 1 aliphatic rings.